The predicted molar refractivity (Wildman–Crippen MR) is 35.5 cm³/mol. The number of allylic oxidation sites excluding steroid dienone is 2. The van der Waals surface area contributed by atoms with Crippen molar-refractivity contribution in [2.75, 3.05) is 0 Å². The van der Waals surface area contributed by atoms with Crippen molar-refractivity contribution in [2.24, 2.45) is 0 Å². The van der Waals surface area contributed by atoms with Crippen LogP contribution in [0.2, 0.25) is 0 Å². The third-order valence-electron chi connectivity index (χ3n) is 0.954. The molecule has 1 aromatic heterocycles. The molecule has 1 aromatic rings. The van der Waals surface area contributed by atoms with Gasteiger partial charge in [-0.25, -0.2) is 4.98 Å². The molecule has 0 amide bonds. The molecule has 0 unspecified atom stereocenters. The number of carbonyl (C=O) groups is 1. The Kier molecular flexibility index (Phi) is 1.94. The van der Waals surface area contributed by atoms with Crippen LogP contribution in [0.5, 0.6) is 0 Å². The van der Waals surface area contributed by atoms with Gasteiger partial charge in [0.25, 0.3) is 5.91 Å². The lowest BCUT2D eigenvalue weighted by Gasteiger charge is -1.88. The minimum absolute atomic E-state index is 0.181. The summed E-state index contributed by atoms with van der Waals surface area (Å²) in [5.74, 6) is -0.181. The van der Waals surface area contributed by atoms with Crippen LogP contribution < -0.4 is 0 Å². The molecule has 52 valence electrons. The van der Waals surface area contributed by atoms with Gasteiger partial charge in [0.05, 0.1) is 0 Å². The average Bonchev–Trinajstić information content (AvgIpc) is 2.38. The molecule has 0 bridgehead atoms. The standard InChI is InChI=1S/C6H7N3O/c1-2-3-6(10)9-5-7-4-8-9/h2-5H,1H3/b3-2+. The fourth-order valence-corrected chi connectivity index (χ4v) is 0.541. The summed E-state index contributed by atoms with van der Waals surface area (Å²) in [5.41, 5.74) is 0. The molecule has 4 heteroatoms. The zero-order chi connectivity index (χ0) is 7.40. The van der Waals surface area contributed by atoms with Crippen LogP contribution in [0.15, 0.2) is 24.8 Å². The van der Waals surface area contributed by atoms with E-state index in [0.29, 0.717) is 0 Å². The fourth-order valence-electron chi connectivity index (χ4n) is 0.541. The van der Waals surface area contributed by atoms with E-state index < -0.39 is 0 Å². The van der Waals surface area contributed by atoms with Crippen LogP contribution >= 0.6 is 0 Å². The Balaban J connectivity index is 2.78. The summed E-state index contributed by atoms with van der Waals surface area (Å²) in [4.78, 5) is 14.5. The predicted octanol–water partition coefficient (Wildman–Crippen LogP) is 0.494. The van der Waals surface area contributed by atoms with Crippen LogP contribution in [0, 0.1) is 0 Å². The highest BCUT2D eigenvalue weighted by Crippen LogP contribution is 1.82. The largest absolute Gasteiger partial charge is 0.272 e. The second-order valence-electron chi connectivity index (χ2n) is 1.68. The zero-order valence-corrected chi connectivity index (χ0v) is 5.56. The Morgan fingerprint density at radius 1 is 1.70 bits per heavy atom. The van der Waals surface area contributed by atoms with Crippen molar-refractivity contribution in [3.63, 3.8) is 0 Å². The van der Waals surface area contributed by atoms with Gasteiger partial charge in [-0.1, -0.05) is 6.08 Å². The van der Waals surface area contributed by atoms with Crippen LogP contribution in [0.1, 0.15) is 11.7 Å². The number of rotatable bonds is 1. The summed E-state index contributed by atoms with van der Waals surface area (Å²) in [6, 6.07) is 0. The second-order valence-corrected chi connectivity index (χ2v) is 1.68. The molecular formula is C6H7N3O. The van der Waals surface area contributed by atoms with Gasteiger partial charge in [-0.15, -0.1) is 0 Å². The molecule has 1 heterocycles. The molecule has 0 atom stereocenters. The maximum Gasteiger partial charge on any atom is 0.272 e. The molecule has 4 nitrogen and oxygen atoms in total. The number of aromatic nitrogens is 3. The van der Waals surface area contributed by atoms with Gasteiger partial charge in [-0.3, -0.25) is 4.79 Å². The van der Waals surface area contributed by atoms with Gasteiger partial charge in [0.1, 0.15) is 12.7 Å². The molecule has 0 radical (unpaired) electrons. The van der Waals surface area contributed by atoms with Gasteiger partial charge in [-0.05, 0) is 6.92 Å². The molecule has 0 aliphatic carbocycles. The first-order valence-corrected chi connectivity index (χ1v) is 2.86. The molecule has 0 saturated carbocycles. The summed E-state index contributed by atoms with van der Waals surface area (Å²) in [7, 11) is 0. The SMILES string of the molecule is C/C=C/C(=O)n1cncn1. The van der Waals surface area contributed by atoms with Gasteiger partial charge in [0, 0.05) is 6.08 Å². The van der Waals surface area contributed by atoms with Crippen molar-refractivity contribution in [1.82, 2.24) is 14.8 Å². The molecule has 0 fully saturated rings. The minimum atomic E-state index is -0.181. The van der Waals surface area contributed by atoms with Crippen LogP contribution in [0.25, 0.3) is 0 Å². The fraction of sp³-hybridized carbons (Fsp3) is 0.167. The quantitative estimate of drug-likeness (QED) is 0.529. The van der Waals surface area contributed by atoms with E-state index >= 15 is 0 Å². The number of hydrogen-bond acceptors (Lipinski definition) is 3. The van der Waals surface area contributed by atoms with Gasteiger partial charge < -0.3 is 0 Å². The lowest BCUT2D eigenvalue weighted by Crippen LogP contribution is -2.06. The smallest absolute Gasteiger partial charge is 0.267 e. The Labute approximate surface area is 58.2 Å². The Morgan fingerprint density at radius 3 is 3.00 bits per heavy atom. The Morgan fingerprint density at radius 2 is 2.50 bits per heavy atom. The Bertz CT molecular complexity index is 238. The van der Waals surface area contributed by atoms with Crippen LogP contribution in [-0.4, -0.2) is 20.7 Å². The van der Waals surface area contributed by atoms with Crippen molar-refractivity contribution < 1.29 is 4.79 Å². The number of carbonyl (C=O) groups excluding carboxylic acids is 1. The lowest BCUT2D eigenvalue weighted by molar-refractivity contribution is 0.0953. The van der Waals surface area contributed by atoms with Crippen molar-refractivity contribution in [3.05, 3.63) is 24.8 Å². The Hall–Kier alpha value is -1.45. The van der Waals surface area contributed by atoms with Crippen molar-refractivity contribution >= 4 is 5.91 Å². The maximum atomic E-state index is 10.9. The third kappa shape index (κ3) is 1.28. The second kappa shape index (κ2) is 2.91. The highest BCUT2D eigenvalue weighted by atomic mass is 16.2. The number of hydrogen-bond donors (Lipinski definition) is 0. The minimum Gasteiger partial charge on any atom is -0.267 e. The molecule has 0 spiro atoms. The van der Waals surface area contributed by atoms with Crippen molar-refractivity contribution in [2.45, 2.75) is 6.92 Å². The first kappa shape index (κ1) is 6.67. The van der Waals surface area contributed by atoms with Gasteiger partial charge in [0.2, 0.25) is 0 Å². The summed E-state index contributed by atoms with van der Waals surface area (Å²) in [6.07, 6.45) is 5.77. The molecule has 0 aromatic carbocycles. The highest BCUT2D eigenvalue weighted by Gasteiger charge is 1.96. The third-order valence-corrected chi connectivity index (χ3v) is 0.954. The molecule has 1 rings (SSSR count). The van der Waals surface area contributed by atoms with E-state index in [9.17, 15) is 4.79 Å². The molecule has 10 heavy (non-hydrogen) atoms. The van der Waals surface area contributed by atoms with Gasteiger partial charge in [0.15, 0.2) is 0 Å². The van der Waals surface area contributed by atoms with Crippen LogP contribution in [0.4, 0.5) is 0 Å². The maximum absolute atomic E-state index is 10.9. The van der Waals surface area contributed by atoms with Crippen molar-refractivity contribution in [1.29, 1.82) is 0 Å². The molecule has 0 aliphatic rings. The molecule has 0 saturated heterocycles. The topological polar surface area (TPSA) is 47.8 Å². The van der Waals surface area contributed by atoms with E-state index in [0.717, 1.165) is 0 Å². The van der Waals surface area contributed by atoms with E-state index in [1.54, 1.807) is 13.0 Å². The normalized spacial score (nSPS) is 10.5. The van der Waals surface area contributed by atoms with E-state index in [4.69, 9.17) is 0 Å². The molecule has 0 N–H and O–H groups in total. The first-order valence-electron chi connectivity index (χ1n) is 2.86. The number of nitrogens with zero attached hydrogens (tertiary/aromatic N) is 3. The molecular weight excluding hydrogens is 130 g/mol. The zero-order valence-electron chi connectivity index (χ0n) is 5.56. The van der Waals surface area contributed by atoms with Gasteiger partial charge >= 0.3 is 0 Å². The van der Waals surface area contributed by atoms with E-state index in [1.165, 1.54) is 23.4 Å². The lowest BCUT2D eigenvalue weighted by atomic mass is 10.5. The van der Waals surface area contributed by atoms with E-state index in [2.05, 4.69) is 10.1 Å². The summed E-state index contributed by atoms with van der Waals surface area (Å²) >= 11 is 0. The van der Waals surface area contributed by atoms with Crippen LogP contribution in [0.3, 0.4) is 0 Å². The van der Waals surface area contributed by atoms with Crippen LogP contribution in [-0.2, 0) is 0 Å². The van der Waals surface area contributed by atoms with E-state index in [1.807, 2.05) is 0 Å². The summed E-state index contributed by atoms with van der Waals surface area (Å²) in [5, 5.41) is 3.64. The molecule has 0 aliphatic heterocycles. The highest BCUT2D eigenvalue weighted by molar-refractivity contribution is 5.88. The summed E-state index contributed by atoms with van der Waals surface area (Å²) < 4.78 is 1.17. The summed E-state index contributed by atoms with van der Waals surface area (Å²) in [6.45, 7) is 1.77. The van der Waals surface area contributed by atoms with Gasteiger partial charge in [-0.2, -0.15) is 9.78 Å². The first-order chi connectivity index (χ1) is 4.84. The van der Waals surface area contributed by atoms with E-state index in [-0.39, 0.29) is 5.91 Å². The van der Waals surface area contributed by atoms with Crippen molar-refractivity contribution in [3.8, 4) is 0 Å². The average molecular weight is 137 g/mol. The monoisotopic (exact) mass is 137 g/mol.